The van der Waals surface area contributed by atoms with E-state index in [0.29, 0.717) is 0 Å². The number of rotatable bonds is 1. The van der Waals surface area contributed by atoms with E-state index in [9.17, 15) is 0 Å². The average molecular weight is 348 g/mol. The fourth-order valence-corrected chi connectivity index (χ4v) is 2.29. The Morgan fingerprint density at radius 1 is 1.31 bits per heavy atom. The Bertz CT molecular complexity index is 391. The minimum atomic E-state index is 0. The molecule has 16 heavy (non-hydrogen) atoms. The normalized spacial score (nSPS) is 15.2. The number of hydrogen-bond acceptors (Lipinski definition) is 1. The maximum atomic E-state index is 5.81. The van der Waals surface area contributed by atoms with Gasteiger partial charge in [-0.05, 0) is 55.3 Å². The zero-order chi connectivity index (χ0) is 10.7. The third-order valence-electron chi connectivity index (χ3n) is 2.87. The SMILES string of the molecule is CSC(N)=[NH+]c1cccc2c1CCCC2.[I-]. The predicted octanol–water partition coefficient (Wildman–Crippen LogP) is -2.04. The second kappa shape index (κ2) is 6.49. The van der Waals surface area contributed by atoms with E-state index >= 15 is 0 Å². The molecular formula is C12H17IN2S. The highest BCUT2D eigenvalue weighted by Gasteiger charge is 2.14. The molecular weight excluding hydrogens is 331 g/mol. The van der Waals surface area contributed by atoms with E-state index in [1.54, 1.807) is 11.8 Å². The summed E-state index contributed by atoms with van der Waals surface area (Å²) in [6, 6.07) is 6.46. The van der Waals surface area contributed by atoms with Crippen LogP contribution in [0.15, 0.2) is 18.2 Å². The van der Waals surface area contributed by atoms with Crippen molar-refractivity contribution in [3.63, 3.8) is 0 Å². The topological polar surface area (TPSA) is 40.0 Å². The number of nitrogens with two attached hydrogens (primary N) is 1. The van der Waals surface area contributed by atoms with Gasteiger partial charge in [-0.3, -0.25) is 5.73 Å². The zero-order valence-electron chi connectivity index (χ0n) is 9.42. The molecule has 4 heteroatoms. The van der Waals surface area contributed by atoms with Gasteiger partial charge in [0, 0.05) is 5.56 Å². The Morgan fingerprint density at radius 3 is 2.81 bits per heavy atom. The molecule has 2 nitrogen and oxygen atoms in total. The number of amidine groups is 1. The highest BCUT2D eigenvalue weighted by molar-refractivity contribution is 8.12. The predicted molar refractivity (Wildman–Crippen MR) is 66.4 cm³/mol. The largest absolute Gasteiger partial charge is 1.00 e. The third-order valence-corrected chi connectivity index (χ3v) is 3.42. The first-order valence-corrected chi connectivity index (χ1v) is 6.58. The molecule has 0 bridgehead atoms. The van der Waals surface area contributed by atoms with Crippen molar-refractivity contribution >= 4 is 22.6 Å². The van der Waals surface area contributed by atoms with Crippen LogP contribution in [0.2, 0.25) is 0 Å². The van der Waals surface area contributed by atoms with Crippen molar-refractivity contribution in [3.8, 4) is 0 Å². The molecule has 3 N–H and O–H groups in total. The van der Waals surface area contributed by atoms with E-state index in [2.05, 4.69) is 23.2 Å². The quantitative estimate of drug-likeness (QED) is 0.349. The van der Waals surface area contributed by atoms with Gasteiger partial charge < -0.3 is 24.0 Å². The summed E-state index contributed by atoms with van der Waals surface area (Å²) in [6.07, 6.45) is 6.99. The standard InChI is InChI=1S/C12H16N2S.HI/c1-15-12(13)14-11-8-4-6-9-5-2-3-7-10(9)11;/h4,6,8H,2-3,5,7H2,1H3,(H2,13,14);1H. The lowest BCUT2D eigenvalue weighted by atomic mass is 9.91. The number of fused-ring (bicyclic) bond motifs is 1. The van der Waals surface area contributed by atoms with Gasteiger partial charge >= 0.3 is 5.17 Å². The average Bonchev–Trinajstić information content (AvgIpc) is 2.29. The fourth-order valence-electron chi connectivity index (χ4n) is 2.08. The van der Waals surface area contributed by atoms with Crippen LogP contribution in [-0.2, 0) is 12.8 Å². The Labute approximate surface area is 118 Å². The van der Waals surface area contributed by atoms with Crippen LogP contribution in [0.3, 0.4) is 0 Å². The van der Waals surface area contributed by atoms with Crippen molar-refractivity contribution in [2.24, 2.45) is 5.73 Å². The van der Waals surface area contributed by atoms with Crippen molar-refractivity contribution in [2.45, 2.75) is 25.7 Å². The molecule has 0 saturated carbocycles. The van der Waals surface area contributed by atoms with Gasteiger partial charge in [0.15, 0.2) is 0 Å². The second-order valence-electron chi connectivity index (χ2n) is 3.84. The summed E-state index contributed by atoms with van der Waals surface area (Å²) in [6.45, 7) is 0. The monoisotopic (exact) mass is 348 g/mol. The van der Waals surface area contributed by atoms with Crippen molar-refractivity contribution in [2.75, 3.05) is 6.26 Å². The van der Waals surface area contributed by atoms with Gasteiger partial charge in [0.1, 0.15) is 5.69 Å². The number of hydrogen-bond donors (Lipinski definition) is 2. The van der Waals surface area contributed by atoms with Crippen LogP contribution in [0.25, 0.3) is 0 Å². The minimum absolute atomic E-state index is 0. The molecule has 0 aromatic heterocycles. The first-order chi connectivity index (χ1) is 7.31. The summed E-state index contributed by atoms with van der Waals surface area (Å²) in [7, 11) is 0. The number of aryl methyl sites for hydroxylation is 1. The number of benzene rings is 1. The van der Waals surface area contributed by atoms with Crippen molar-refractivity contribution in [1.82, 2.24) is 0 Å². The summed E-state index contributed by atoms with van der Waals surface area (Å²) in [5, 5.41) is 0.772. The molecule has 0 saturated heterocycles. The fraction of sp³-hybridized carbons (Fsp3) is 0.417. The molecule has 0 spiro atoms. The van der Waals surface area contributed by atoms with Gasteiger partial charge in [0.25, 0.3) is 0 Å². The Kier molecular flexibility index (Phi) is 5.61. The van der Waals surface area contributed by atoms with Crippen molar-refractivity contribution in [1.29, 1.82) is 0 Å². The molecule has 0 fully saturated rings. The maximum Gasteiger partial charge on any atom is 0.306 e. The Morgan fingerprint density at radius 2 is 2.06 bits per heavy atom. The first kappa shape index (κ1) is 13.8. The summed E-state index contributed by atoms with van der Waals surface area (Å²) in [5.74, 6) is 0. The van der Waals surface area contributed by atoms with Gasteiger partial charge in [-0.25, -0.2) is 4.99 Å². The highest BCUT2D eigenvalue weighted by Crippen LogP contribution is 2.24. The van der Waals surface area contributed by atoms with Crippen LogP contribution in [0, 0.1) is 0 Å². The van der Waals surface area contributed by atoms with E-state index in [-0.39, 0.29) is 24.0 Å². The van der Waals surface area contributed by atoms with Gasteiger partial charge in [0.05, 0.1) is 0 Å². The first-order valence-electron chi connectivity index (χ1n) is 5.35. The van der Waals surface area contributed by atoms with E-state index in [0.717, 1.165) is 5.17 Å². The van der Waals surface area contributed by atoms with Crippen LogP contribution in [0.5, 0.6) is 0 Å². The molecule has 0 radical (unpaired) electrons. The molecule has 1 aromatic carbocycles. The molecule has 0 heterocycles. The van der Waals surface area contributed by atoms with E-state index in [1.165, 1.54) is 42.5 Å². The van der Waals surface area contributed by atoms with Gasteiger partial charge in [-0.1, -0.05) is 12.1 Å². The Hall–Kier alpha value is -0.230. The van der Waals surface area contributed by atoms with Crippen molar-refractivity contribution in [3.05, 3.63) is 29.3 Å². The molecule has 1 aromatic rings. The van der Waals surface area contributed by atoms with Crippen LogP contribution >= 0.6 is 11.8 Å². The van der Waals surface area contributed by atoms with Gasteiger partial charge in [-0.15, -0.1) is 0 Å². The summed E-state index contributed by atoms with van der Waals surface area (Å²) in [4.78, 5) is 3.28. The lowest BCUT2D eigenvalue weighted by molar-refractivity contribution is -0.352. The summed E-state index contributed by atoms with van der Waals surface area (Å²) < 4.78 is 0. The molecule has 88 valence electrons. The number of nitrogens with one attached hydrogen (secondary N) is 1. The van der Waals surface area contributed by atoms with Crippen LogP contribution < -0.4 is 34.7 Å². The minimum Gasteiger partial charge on any atom is -1.00 e. The number of thioether (sulfide) groups is 1. The highest BCUT2D eigenvalue weighted by atomic mass is 127. The van der Waals surface area contributed by atoms with Gasteiger partial charge in [-0.2, -0.15) is 0 Å². The van der Waals surface area contributed by atoms with E-state index < -0.39 is 0 Å². The van der Waals surface area contributed by atoms with Crippen LogP contribution in [-0.4, -0.2) is 11.4 Å². The summed E-state index contributed by atoms with van der Waals surface area (Å²) >= 11 is 1.55. The second-order valence-corrected chi connectivity index (χ2v) is 4.69. The molecule has 2 rings (SSSR count). The zero-order valence-corrected chi connectivity index (χ0v) is 12.4. The van der Waals surface area contributed by atoms with Crippen LogP contribution in [0.4, 0.5) is 5.69 Å². The molecule has 0 aliphatic heterocycles. The lowest BCUT2D eigenvalue weighted by Crippen LogP contribution is -3.00. The van der Waals surface area contributed by atoms with Crippen molar-refractivity contribution < 1.29 is 29.0 Å². The number of halogens is 1. The summed E-state index contributed by atoms with van der Waals surface area (Å²) in [5.41, 5.74) is 9.95. The maximum absolute atomic E-state index is 5.81. The smallest absolute Gasteiger partial charge is 0.306 e. The molecule has 1 aliphatic carbocycles. The lowest BCUT2D eigenvalue weighted by Gasteiger charge is -2.15. The third kappa shape index (κ3) is 3.13. The van der Waals surface area contributed by atoms with Crippen LogP contribution in [0.1, 0.15) is 24.0 Å². The van der Waals surface area contributed by atoms with Gasteiger partial charge in [0.2, 0.25) is 0 Å². The van der Waals surface area contributed by atoms with E-state index in [1.807, 2.05) is 6.26 Å². The molecule has 0 unspecified atom stereocenters. The Balaban J connectivity index is 0.00000128. The molecule has 0 amide bonds. The molecule has 0 atom stereocenters. The molecule has 1 aliphatic rings. The van der Waals surface area contributed by atoms with E-state index in [4.69, 9.17) is 5.73 Å².